The predicted octanol–water partition coefficient (Wildman–Crippen LogP) is 2.34. The van der Waals surface area contributed by atoms with Crippen LogP contribution in [0, 0.1) is 6.92 Å². The number of likely N-dealkylation sites (tertiary alicyclic amines) is 1. The summed E-state index contributed by atoms with van der Waals surface area (Å²) in [6.45, 7) is 3.75. The lowest BCUT2D eigenvalue weighted by Crippen LogP contribution is -2.41. The van der Waals surface area contributed by atoms with E-state index in [-0.39, 0.29) is 22.9 Å². The molecule has 7 nitrogen and oxygen atoms in total. The molecule has 1 saturated heterocycles. The Morgan fingerprint density at radius 3 is 2.82 bits per heavy atom. The standard InChI is InChI=1S/C21H23N5O2/c1-15-4-5-18(20(27)24-15)21(28)26-11-2-3-17(14-26)19-23-10-12-25(19)13-16-6-8-22-9-7-16/h4-10,12,17H,2-3,11,13-14H2,1H3,(H,24,27)/t17-/m1/s1. The van der Waals surface area contributed by atoms with E-state index in [9.17, 15) is 9.59 Å². The second-order valence-corrected chi connectivity index (χ2v) is 7.24. The molecule has 28 heavy (non-hydrogen) atoms. The van der Waals surface area contributed by atoms with Crippen molar-refractivity contribution in [2.75, 3.05) is 13.1 Å². The van der Waals surface area contributed by atoms with Crippen LogP contribution in [0.15, 0.2) is 53.8 Å². The highest BCUT2D eigenvalue weighted by Gasteiger charge is 2.29. The number of hydrogen-bond donors (Lipinski definition) is 1. The lowest BCUT2D eigenvalue weighted by Gasteiger charge is -2.32. The number of nitrogens with zero attached hydrogens (tertiary/aromatic N) is 4. The van der Waals surface area contributed by atoms with Gasteiger partial charge in [-0.15, -0.1) is 0 Å². The van der Waals surface area contributed by atoms with Gasteiger partial charge >= 0.3 is 0 Å². The largest absolute Gasteiger partial charge is 0.338 e. The molecule has 0 bridgehead atoms. The molecule has 0 unspecified atom stereocenters. The van der Waals surface area contributed by atoms with E-state index in [1.165, 1.54) is 0 Å². The number of aryl methyl sites for hydroxylation is 1. The molecule has 1 atom stereocenters. The molecule has 0 aliphatic carbocycles. The van der Waals surface area contributed by atoms with Crippen LogP contribution < -0.4 is 5.56 Å². The summed E-state index contributed by atoms with van der Waals surface area (Å²) in [7, 11) is 0. The lowest BCUT2D eigenvalue weighted by atomic mass is 9.96. The zero-order chi connectivity index (χ0) is 19.5. The molecule has 4 rings (SSSR count). The van der Waals surface area contributed by atoms with E-state index < -0.39 is 0 Å². The molecule has 144 valence electrons. The van der Waals surface area contributed by atoms with Crippen molar-refractivity contribution in [3.63, 3.8) is 0 Å². The van der Waals surface area contributed by atoms with E-state index in [0.29, 0.717) is 13.1 Å². The van der Waals surface area contributed by atoms with Gasteiger partial charge < -0.3 is 14.5 Å². The highest BCUT2D eigenvalue weighted by Crippen LogP contribution is 2.27. The van der Waals surface area contributed by atoms with E-state index >= 15 is 0 Å². The number of imidazole rings is 1. The van der Waals surface area contributed by atoms with Crippen molar-refractivity contribution in [3.8, 4) is 0 Å². The van der Waals surface area contributed by atoms with Gasteiger partial charge in [0.25, 0.3) is 11.5 Å². The van der Waals surface area contributed by atoms with Crippen molar-refractivity contribution in [1.82, 2.24) is 24.4 Å². The number of pyridine rings is 2. The molecule has 1 amide bonds. The Bertz CT molecular complexity index is 1020. The molecule has 4 heterocycles. The number of H-pyrrole nitrogens is 1. The summed E-state index contributed by atoms with van der Waals surface area (Å²) in [5, 5.41) is 0. The third-order valence-electron chi connectivity index (χ3n) is 5.21. The van der Waals surface area contributed by atoms with Crippen LogP contribution >= 0.6 is 0 Å². The number of aromatic amines is 1. The van der Waals surface area contributed by atoms with Crippen molar-refractivity contribution >= 4 is 5.91 Å². The number of nitrogens with one attached hydrogen (secondary N) is 1. The molecule has 7 heteroatoms. The second kappa shape index (κ2) is 7.80. The molecular weight excluding hydrogens is 354 g/mol. The van der Waals surface area contributed by atoms with Crippen LogP contribution in [0.2, 0.25) is 0 Å². The third kappa shape index (κ3) is 3.74. The van der Waals surface area contributed by atoms with Gasteiger partial charge in [0.1, 0.15) is 11.4 Å². The fourth-order valence-electron chi connectivity index (χ4n) is 3.78. The normalized spacial score (nSPS) is 16.9. The van der Waals surface area contributed by atoms with Crippen LogP contribution in [0.1, 0.15) is 46.2 Å². The number of piperidine rings is 1. The fourth-order valence-corrected chi connectivity index (χ4v) is 3.78. The SMILES string of the molecule is Cc1ccc(C(=O)N2CCC[C@@H](c3nccn3Cc3ccncc3)C2)c(=O)[nH]1. The second-order valence-electron chi connectivity index (χ2n) is 7.24. The lowest BCUT2D eigenvalue weighted by molar-refractivity contribution is 0.0701. The van der Waals surface area contributed by atoms with Gasteiger partial charge in [-0.25, -0.2) is 4.98 Å². The maximum Gasteiger partial charge on any atom is 0.260 e. The summed E-state index contributed by atoms with van der Waals surface area (Å²) >= 11 is 0. The summed E-state index contributed by atoms with van der Waals surface area (Å²) in [5.74, 6) is 0.921. The van der Waals surface area contributed by atoms with Gasteiger partial charge in [0, 0.05) is 56.0 Å². The van der Waals surface area contributed by atoms with Crippen molar-refractivity contribution in [3.05, 3.63) is 82.1 Å². The smallest absolute Gasteiger partial charge is 0.260 e. The summed E-state index contributed by atoms with van der Waals surface area (Å²) in [5.41, 5.74) is 1.78. The van der Waals surface area contributed by atoms with Gasteiger partial charge in [0.15, 0.2) is 0 Å². The maximum atomic E-state index is 12.9. The van der Waals surface area contributed by atoms with Crippen molar-refractivity contribution < 1.29 is 4.79 Å². The Hall–Kier alpha value is -3.22. The Balaban J connectivity index is 1.52. The molecule has 0 aromatic carbocycles. The molecule has 1 aliphatic rings. The fraction of sp³-hybridized carbons (Fsp3) is 0.333. The van der Waals surface area contributed by atoms with E-state index in [1.807, 2.05) is 24.5 Å². The summed E-state index contributed by atoms with van der Waals surface area (Å²) < 4.78 is 2.13. The van der Waals surface area contributed by atoms with Gasteiger partial charge in [-0.1, -0.05) is 0 Å². The van der Waals surface area contributed by atoms with Gasteiger partial charge in [0.2, 0.25) is 0 Å². The predicted molar refractivity (Wildman–Crippen MR) is 105 cm³/mol. The van der Waals surface area contributed by atoms with E-state index in [0.717, 1.165) is 36.5 Å². The average Bonchev–Trinajstić information content (AvgIpc) is 3.16. The highest BCUT2D eigenvalue weighted by atomic mass is 16.2. The molecule has 1 N–H and O–H groups in total. The van der Waals surface area contributed by atoms with E-state index in [1.54, 1.807) is 36.4 Å². The van der Waals surface area contributed by atoms with Crippen LogP contribution in [0.25, 0.3) is 0 Å². The quantitative estimate of drug-likeness (QED) is 0.756. The molecule has 1 fully saturated rings. The Morgan fingerprint density at radius 1 is 1.21 bits per heavy atom. The maximum absolute atomic E-state index is 12.9. The van der Waals surface area contributed by atoms with Crippen LogP contribution in [0.3, 0.4) is 0 Å². The number of carbonyl (C=O) groups is 1. The van der Waals surface area contributed by atoms with E-state index in [2.05, 4.69) is 19.5 Å². The van der Waals surface area contributed by atoms with E-state index in [4.69, 9.17) is 0 Å². The number of carbonyl (C=O) groups excluding carboxylic acids is 1. The number of amides is 1. The zero-order valence-corrected chi connectivity index (χ0v) is 15.8. The topological polar surface area (TPSA) is 83.9 Å². The molecule has 0 spiro atoms. The Morgan fingerprint density at radius 2 is 2.04 bits per heavy atom. The first kappa shape index (κ1) is 18.2. The third-order valence-corrected chi connectivity index (χ3v) is 5.21. The van der Waals surface area contributed by atoms with Crippen LogP contribution in [-0.4, -0.2) is 43.4 Å². The average molecular weight is 377 g/mol. The van der Waals surface area contributed by atoms with Crippen molar-refractivity contribution in [2.24, 2.45) is 0 Å². The zero-order valence-electron chi connectivity index (χ0n) is 15.8. The van der Waals surface area contributed by atoms with Gasteiger partial charge in [-0.05, 0) is 49.6 Å². The van der Waals surface area contributed by atoms with Crippen LogP contribution in [0.5, 0.6) is 0 Å². The van der Waals surface area contributed by atoms with Crippen LogP contribution in [0.4, 0.5) is 0 Å². The number of hydrogen-bond acceptors (Lipinski definition) is 4. The monoisotopic (exact) mass is 377 g/mol. The first-order valence-corrected chi connectivity index (χ1v) is 9.51. The molecule has 1 aliphatic heterocycles. The number of rotatable bonds is 4. The Labute approximate surface area is 163 Å². The molecule has 0 saturated carbocycles. The van der Waals surface area contributed by atoms with Crippen molar-refractivity contribution in [2.45, 2.75) is 32.2 Å². The summed E-state index contributed by atoms with van der Waals surface area (Å²) in [6, 6.07) is 7.36. The minimum absolute atomic E-state index is 0.152. The summed E-state index contributed by atoms with van der Waals surface area (Å²) in [6.07, 6.45) is 9.21. The minimum atomic E-state index is -0.327. The first-order chi connectivity index (χ1) is 13.6. The Kier molecular flexibility index (Phi) is 5.06. The van der Waals surface area contributed by atoms with Crippen molar-refractivity contribution in [1.29, 1.82) is 0 Å². The van der Waals surface area contributed by atoms with Crippen LogP contribution in [-0.2, 0) is 6.54 Å². The van der Waals surface area contributed by atoms with Gasteiger partial charge in [0.05, 0.1) is 0 Å². The van der Waals surface area contributed by atoms with Gasteiger partial charge in [-0.2, -0.15) is 0 Å². The molecule has 0 radical (unpaired) electrons. The molecule has 3 aromatic heterocycles. The molecule has 3 aromatic rings. The molecular formula is C21H23N5O2. The first-order valence-electron chi connectivity index (χ1n) is 9.51. The number of aromatic nitrogens is 4. The summed E-state index contributed by atoms with van der Waals surface area (Å²) in [4.78, 5) is 38.2. The van der Waals surface area contributed by atoms with Gasteiger partial charge in [-0.3, -0.25) is 14.6 Å². The minimum Gasteiger partial charge on any atom is -0.338 e. The highest BCUT2D eigenvalue weighted by molar-refractivity contribution is 5.93.